The van der Waals surface area contributed by atoms with Crippen molar-refractivity contribution in [3.8, 4) is 0 Å². The zero-order chi connectivity index (χ0) is 13.8. The number of likely N-dealkylation sites (tertiary alicyclic amines) is 1. The van der Waals surface area contributed by atoms with Crippen molar-refractivity contribution in [2.75, 3.05) is 20.2 Å². The Balaban J connectivity index is 2.12. The molecule has 1 aliphatic heterocycles. The van der Waals surface area contributed by atoms with E-state index in [4.69, 9.17) is 10.5 Å². The molecule has 0 bridgehead atoms. The van der Waals surface area contributed by atoms with Gasteiger partial charge in [0.05, 0.1) is 6.20 Å². The monoisotopic (exact) mass is 283 g/mol. The van der Waals surface area contributed by atoms with Gasteiger partial charge in [-0.25, -0.2) is 4.98 Å². The smallest absolute Gasteiger partial charge is 0.265 e. The van der Waals surface area contributed by atoms with Crippen molar-refractivity contribution in [2.45, 2.75) is 38.3 Å². The number of methoxy groups -OCH3 is 1. The predicted octanol–water partition coefficient (Wildman–Crippen LogP) is 1.80. The number of amides is 1. The van der Waals surface area contributed by atoms with E-state index in [1.807, 2.05) is 11.8 Å². The Kier molecular flexibility index (Phi) is 4.90. The van der Waals surface area contributed by atoms with E-state index in [0.29, 0.717) is 11.4 Å². The van der Waals surface area contributed by atoms with E-state index in [2.05, 4.69) is 4.98 Å². The molecule has 1 aliphatic rings. The lowest BCUT2D eigenvalue weighted by Gasteiger charge is -2.34. The highest BCUT2D eigenvalue weighted by Crippen LogP contribution is 2.25. The molecule has 0 aliphatic carbocycles. The van der Waals surface area contributed by atoms with Crippen LogP contribution in [0.3, 0.4) is 0 Å². The lowest BCUT2D eigenvalue weighted by Crippen LogP contribution is -2.47. The van der Waals surface area contributed by atoms with Crippen LogP contribution in [-0.4, -0.2) is 42.0 Å². The second-order valence-corrected chi connectivity index (χ2v) is 5.89. The van der Waals surface area contributed by atoms with Crippen molar-refractivity contribution in [2.24, 2.45) is 5.73 Å². The minimum Gasteiger partial charge on any atom is -0.375 e. The molecular weight excluding hydrogens is 262 g/mol. The summed E-state index contributed by atoms with van der Waals surface area (Å²) in [5.41, 5.74) is 5.76. The second kappa shape index (κ2) is 6.45. The molecule has 19 heavy (non-hydrogen) atoms. The van der Waals surface area contributed by atoms with Gasteiger partial charge in [0.25, 0.3) is 5.91 Å². The van der Waals surface area contributed by atoms with Crippen molar-refractivity contribution < 1.29 is 9.53 Å². The zero-order valence-corrected chi connectivity index (χ0v) is 12.3. The van der Waals surface area contributed by atoms with Crippen LogP contribution >= 0.6 is 11.3 Å². The topological polar surface area (TPSA) is 68.5 Å². The number of rotatable bonds is 4. The summed E-state index contributed by atoms with van der Waals surface area (Å²) in [6, 6.07) is 0.173. The Morgan fingerprint density at radius 2 is 2.47 bits per heavy atom. The number of piperidine rings is 1. The first-order chi connectivity index (χ1) is 9.17. The van der Waals surface area contributed by atoms with Crippen LogP contribution in [0.1, 0.15) is 47.0 Å². The summed E-state index contributed by atoms with van der Waals surface area (Å²) in [6.45, 7) is 3.26. The van der Waals surface area contributed by atoms with E-state index in [-0.39, 0.29) is 18.1 Å². The summed E-state index contributed by atoms with van der Waals surface area (Å²) in [5, 5.41) is 0.840. The molecule has 2 N–H and O–H groups in total. The second-order valence-electron chi connectivity index (χ2n) is 4.82. The summed E-state index contributed by atoms with van der Waals surface area (Å²) in [5.74, 6) is 0.0576. The molecule has 106 valence electrons. The molecule has 1 fully saturated rings. The van der Waals surface area contributed by atoms with Crippen LogP contribution in [0.2, 0.25) is 0 Å². The molecule has 0 radical (unpaired) electrons. The number of hydrogen-bond donors (Lipinski definition) is 1. The van der Waals surface area contributed by atoms with Gasteiger partial charge < -0.3 is 15.4 Å². The third kappa shape index (κ3) is 3.13. The Bertz CT molecular complexity index is 435. The van der Waals surface area contributed by atoms with Crippen LogP contribution in [0.15, 0.2) is 6.20 Å². The lowest BCUT2D eigenvalue weighted by atomic mass is 10.0. The van der Waals surface area contributed by atoms with Gasteiger partial charge in [0.2, 0.25) is 0 Å². The van der Waals surface area contributed by atoms with Gasteiger partial charge in [-0.3, -0.25) is 4.79 Å². The Morgan fingerprint density at radius 3 is 3.16 bits per heavy atom. The van der Waals surface area contributed by atoms with Crippen LogP contribution in [0.5, 0.6) is 0 Å². The normalized spacial score (nSPS) is 21.4. The number of nitrogens with two attached hydrogens (primary N) is 1. The molecule has 1 saturated heterocycles. The highest BCUT2D eigenvalue weighted by Gasteiger charge is 2.28. The van der Waals surface area contributed by atoms with Crippen molar-refractivity contribution in [1.82, 2.24) is 9.88 Å². The number of ether oxygens (including phenoxy) is 1. The van der Waals surface area contributed by atoms with E-state index in [9.17, 15) is 4.79 Å². The molecule has 0 aromatic carbocycles. The largest absolute Gasteiger partial charge is 0.375 e. The highest BCUT2D eigenvalue weighted by molar-refractivity contribution is 7.13. The minimum atomic E-state index is -0.0711. The molecule has 2 rings (SSSR count). The van der Waals surface area contributed by atoms with Crippen molar-refractivity contribution in [1.29, 1.82) is 0 Å². The van der Waals surface area contributed by atoms with Crippen molar-refractivity contribution in [3.05, 3.63) is 16.1 Å². The van der Waals surface area contributed by atoms with Crippen molar-refractivity contribution in [3.63, 3.8) is 0 Å². The molecule has 0 saturated carbocycles. The predicted molar refractivity (Wildman–Crippen MR) is 75.3 cm³/mol. The van der Waals surface area contributed by atoms with E-state index < -0.39 is 0 Å². The van der Waals surface area contributed by atoms with Gasteiger partial charge in [0, 0.05) is 26.2 Å². The van der Waals surface area contributed by atoms with Crippen LogP contribution < -0.4 is 5.73 Å². The fourth-order valence-electron chi connectivity index (χ4n) is 2.33. The van der Waals surface area contributed by atoms with Crippen LogP contribution in [0.4, 0.5) is 0 Å². The first-order valence-electron chi connectivity index (χ1n) is 6.67. The summed E-state index contributed by atoms with van der Waals surface area (Å²) < 4.78 is 5.22. The fourth-order valence-corrected chi connectivity index (χ4v) is 3.23. The average Bonchev–Trinajstić information content (AvgIpc) is 2.95. The summed E-state index contributed by atoms with van der Waals surface area (Å²) in [4.78, 5) is 19.3. The van der Waals surface area contributed by atoms with Gasteiger partial charge in [0.1, 0.15) is 16.0 Å². The number of carbonyl (C=O) groups excluding carboxylic acids is 1. The van der Waals surface area contributed by atoms with Gasteiger partial charge in [-0.15, -0.1) is 11.3 Å². The van der Waals surface area contributed by atoms with Crippen LogP contribution in [0.25, 0.3) is 0 Å². The first kappa shape index (κ1) is 14.4. The Hall–Kier alpha value is -0.980. The third-order valence-electron chi connectivity index (χ3n) is 3.60. The molecule has 5 nitrogen and oxygen atoms in total. The fraction of sp³-hybridized carbons (Fsp3) is 0.692. The van der Waals surface area contributed by atoms with Crippen molar-refractivity contribution >= 4 is 17.2 Å². The molecule has 2 heterocycles. The maximum atomic E-state index is 12.5. The van der Waals surface area contributed by atoms with Gasteiger partial charge >= 0.3 is 0 Å². The summed E-state index contributed by atoms with van der Waals surface area (Å²) in [7, 11) is 1.64. The molecule has 6 heteroatoms. The molecule has 1 unspecified atom stereocenters. The number of nitrogens with zero attached hydrogens (tertiary/aromatic N) is 2. The van der Waals surface area contributed by atoms with E-state index >= 15 is 0 Å². The zero-order valence-electron chi connectivity index (χ0n) is 11.5. The molecule has 1 aromatic heterocycles. The number of thiazole rings is 1. The standard InChI is InChI=1S/C13H21N3O2S/c1-9(18-2)12-15-8-11(19-12)13(17)16-6-4-3-5-10(16)7-14/h8-10H,3-7,14H2,1-2H3/t9?,10-/m0/s1. The summed E-state index contributed by atoms with van der Waals surface area (Å²) in [6.07, 6.45) is 4.80. The van der Waals surface area contributed by atoms with Gasteiger partial charge in [-0.2, -0.15) is 0 Å². The lowest BCUT2D eigenvalue weighted by molar-refractivity contribution is 0.0628. The Morgan fingerprint density at radius 1 is 1.68 bits per heavy atom. The van der Waals surface area contributed by atoms with Crippen LogP contribution in [-0.2, 0) is 4.74 Å². The third-order valence-corrected chi connectivity index (χ3v) is 4.74. The summed E-state index contributed by atoms with van der Waals surface area (Å²) >= 11 is 1.41. The van der Waals surface area contributed by atoms with E-state index in [1.54, 1.807) is 13.3 Å². The maximum absolute atomic E-state index is 12.5. The quantitative estimate of drug-likeness (QED) is 0.915. The molecule has 2 atom stereocenters. The number of hydrogen-bond acceptors (Lipinski definition) is 5. The van der Waals surface area contributed by atoms with Gasteiger partial charge in [-0.1, -0.05) is 0 Å². The SMILES string of the molecule is COC(C)c1ncc(C(=O)N2CCCC[C@H]2CN)s1. The molecular formula is C13H21N3O2S. The van der Waals surface area contributed by atoms with Crippen LogP contribution in [0, 0.1) is 0 Å². The minimum absolute atomic E-state index is 0.0576. The molecule has 1 amide bonds. The Labute approximate surface area is 117 Å². The van der Waals surface area contributed by atoms with Gasteiger partial charge in [0.15, 0.2) is 0 Å². The molecule has 0 spiro atoms. The van der Waals surface area contributed by atoms with E-state index in [0.717, 1.165) is 30.8 Å². The highest BCUT2D eigenvalue weighted by atomic mass is 32.1. The van der Waals surface area contributed by atoms with Gasteiger partial charge in [-0.05, 0) is 26.2 Å². The molecule has 1 aromatic rings. The maximum Gasteiger partial charge on any atom is 0.265 e. The number of carbonyl (C=O) groups is 1. The van der Waals surface area contributed by atoms with E-state index in [1.165, 1.54) is 11.3 Å². The number of aromatic nitrogens is 1. The first-order valence-corrected chi connectivity index (χ1v) is 7.48. The average molecular weight is 283 g/mol.